The van der Waals surface area contributed by atoms with E-state index in [0.717, 1.165) is 22.1 Å². The summed E-state index contributed by atoms with van der Waals surface area (Å²) in [7, 11) is 0. The van der Waals surface area contributed by atoms with E-state index >= 15 is 0 Å². The number of carboxylic acid groups (broad SMARTS) is 1. The minimum absolute atomic E-state index is 0.0561. The Balaban J connectivity index is 1.82. The van der Waals surface area contributed by atoms with Gasteiger partial charge in [0, 0.05) is 23.3 Å². The lowest BCUT2D eigenvalue weighted by molar-refractivity contribution is -0.384. The highest BCUT2D eigenvalue weighted by molar-refractivity contribution is 8.01. The number of aromatic nitrogens is 1. The van der Waals surface area contributed by atoms with Crippen molar-refractivity contribution in [2.24, 2.45) is 0 Å². The fourth-order valence-electron chi connectivity index (χ4n) is 1.63. The first kappa shape index (κ1) is 15.5. The van der Waals surface area contributed by atoms with E-state index in [1.165, 1.54) is 23.5 Å². The molecule has 2 aromatic rings. The predicted octanol–water partition coefficient (Wildman–Crippen LogP) is 3.01. The lowest BCUT2D eigenvalue weighted by atomic mass is 10.1. The third kappa shape index (κ3) is 4.83. The van der Waals surface area contributed by atoms with E-state index in [1.807, 2.05) is 0 Å². The number of benzene rings is 1. The molecule has 0 fully saturated rings. The smallest absolute Gasteiger partial charge is 0.309 e. The first-order valence-electron chi connectivity index (χ1n) is 6.07. The molecule has 6 nitrogen and oxygen atoms in total. The Morgan fingerprint density at radius 1 is 1.38 bits per heavy atom. The van der Waals surface area contributed by atoms with Gasteiger partial charge < -0.3 is 5.11 Å². The molecule has 0 spiro atoms. The van der Waals surface area contributed by atoms with Crippen LogP contribution in [-0.2, 0) is 17.6 Å². The number of nitro groups is 1. The van der Waals surface area contributed by atoms with Gasteiger partial charge in [0.1, 0.15) is 4.34 Å². The summed E-state index contributed by atoms with van der Waals surface area (Å²) in [6.07, 6.45) is 0.718. The monoisotopic (exact) mass is 324 g/mol. The van der Waals surface area contributed by atoms with Gasteiger partial charge >= 0.3 is 5.97 Å². The maximum absolute atomic E-state index is 10.6. The molecule has 0 unspecified atom stereocenters. The maximum atomic E-state index is 10.6. The van der Waals surface area contributed by atoms with Crippen LogP contribution in [0, 0.1) is 10.1 Å². The van der Waals surface area contributed by atoms with Gasteiger partial charge in [-0.25, -0.2) is 4.98 Å². The summed E-state index contributed by atoms with van der Waals surface area (Å²) in [6, 6.07) is 6.48. The number of aliphatic carboxylic acids is 1. The Hall–Kier alpha value is -1.93. The molecule has 21 heavy (non-hydrogen) atoms. The largest absolute Gasteiger partial charge is 0.481 e. The first-order chi connectivity index (χ1) is 10.0. The average Bonchev–Trinajstić information content (AvgIpc) is 2.86. The van der Waals surface area contributed by atoms with E-state index in [4.69, 9.17) is 5.11 Å². The predicted molar refractivity (Wildman–Crippen MR) is 81.0 cm³/mol. The van der Waals surface area contributed by atoms with E-state index < -0.39 is 10.9 Å². The molecule has 0 radical (unpaired) electrons. The first-order valence-corrected chi connectivity index (χ1v) is 7.93. The Morgan fingerprint density at radius 2 is 2.10 bits per heavy atom. The number of nitro benzene ring substituents is 1. The standard InChI is InChI=1S/C13H12N2O4S2/c16-12(17)7-10-8-21-13(14-10)20-6-5-9-1-3-11(4-2-9)15(18)19/h1-4,8H,5-7H2,(H,16,17). The number of hydrogen-bond donors (Lipinski definition) is 1. The number of non-ortho nitro benzene ring substituents is 1. The fraction of sp³-hybridized carbons (Fsp3) is 0.231. The van der Waals surface area contributed by atoms with Crippen LogP contribution in [0.5, 0.6) is 0 Å². The molecule has 110 valence electrons. The van der Waals surface area contributed by atoms with Gasteiger partial charge in [-0.05, 0) is 12.0 Å². The molecule has 8 heteroatoms. The van der Waals surface area contributed by atoms with E-state index in [2.05, 4.69) is 4.98 Å². The Bertz CT molecular complexity index is 640. The van der Waals surface area contributed by atoms with E-state index in [0.29, 0.717) is 5.69 Å². The van der Waals surface area contributed by atoms with Crippen LogP contribution in [-0.4, -0.2) is 26.7 Å². The summed E-state index contributed by atoms with van der Waals surface area (Å²) in [4.78, 5) is 24.9. The van der Waals surface area contributed by atoms with Gasteiger partial charge in [0.15, 0.2) is 0 Å². The molecule has 1 N–H and O–H groups in total. The van der Waals surface area contributed by atoms with Crippen LogP contribution in [0.1, 0.15) is 11.3 Å². The van der Waals surface area contributed by atoms with Crippen LogP contribution >= 0.6 is 23.1 Å². The second-order valence-corrected chi connectivity index (χ2v) is 6.40. The van der Waals surface area contributed by atoms with Crippen LogP contribution in [0.3, 0.4) is 0 Å². The van der Waals surface area contributed by atoms with Gasteiger partial charge in [-0.2, -0.15) is 0 Å². The SMILES string of the molecule is O=C(O)Cc1csc(SCCc2ccc([N+](=O)[O-])cc2)n1. The van der Waals surface area contributed by atoms with Crippen molar-refractivity contribution in [2.75, 3.05) is 5.75 Å². The zero-order valence-corrected chi connectivity index (χ0v) is 12.5. The van der Waals surface area contributed by atoms with Gasteiger partial charge in [0.25, 0.3) is 5.69 Å². The third-order valence-electron chi connectivity index (χ3n) is 2.63. The van der Waals surface area contributed by atoms with E-state index in [-0.39, 0.29) is 12.1 Å². The Labute approximate surface area is 129 Å². The van der Waals surface area contributed by atoms with Gasteiger partial charge in [-0.1, -0.05) is 23.9 Å². The second kappa shape index (κ2) is 7.19. The molecule has 1 heterocycles. The molecule has 0 saturated carbocycles. The minimum Gasteiger partial charge on any atom is -0.481 e. The van der Waals surface area contributed by atoms with Gasteiger partial charge in [0.2, 0.25) is 0 Å². The molecule has 0 amide bonds. The number of carbonyl (C=O) groups is 1. The van der Waals surface area contributed by atoms with Crippen molar-refractivity contribution in [2.45, 2.75) is 17.2 Å². The van der Waals surface area contributed by atoms with Crippen molar-refractivity contribution in [3.63, 3.8) is 0 Å². The number of thioether (sulfide) groups is 1. The molecular formula is C13H12N2O4S2. The molecule has 0 atom stereocenters. The van der Waals surface area contributed by atoms with Crippen molar-refractivity contribution < 1.29 is 14.8 Å². The fourth-order valence-corrected chi connectivity index (χ4v) is 3.53. The number of carboxylic acids is 1. The summed E-state index contributed by atoms with van der Waals surface area (Å²) >= 11 is 2.99. The van der Waals surface area contributed by atoms with Crippen molar-refractivity contribution in [1.82, 2.24) is 4.98 Å². The highest BCUT2D eigenvalue weighted by Crippen LogP contribution is 2.24. The average molecular weight is 324 g/mol. The van der Waals surface area contributed by atoms with Crippen LogP contribution in [0.4, 0.5) is 5.69 Å². The lowest BCUT2D eigenvalue weighted by Gasteiger charge is -1.99. The highest BCUT2D eigenvalue weighted by atomic mass is 32.2. The van der Waals surface area contributed by atoms with E-state index in [1.54, 1.807) is 29.3 Å². The summed E-state index contributed by atoms with van der Waals surface area (Å²) in [5.74, 6) is -0.0968. The van der Waals surface area contributed by atoms with Crippen LogP contribution < -0.4 is 0 Å². The lowest BCUT2D eigenvalue weighted by Crippen LogP contribution is -1.99. The molecule has 0 aliphatic heterocycles. The van der Waals surface area contributed by atoms with Crippen molar-refractivity contribution in [3.8, 4) is 0 Å². The zero-order valence-electron chi connectivity index (χ0n) is 10.9. The van der Waals surface area contributed by atoms with Crippen molar-refractivity contribution in [1.29, 1.82) is 0 Å². The molecule has 0 bridgehead atoms. The summed E-state index contributed by atoms with van der Waals surface area (Å²) in [5, 5.41) is 21.0. The summed E-state index contributed by atoms with van der Waals surface area (Å²) in [6.45, 7) is 0. The molecular weight excluding hydrogens is 312 g/mol. The molecule has 0 aliphatic carbocycles. The third-order valence-corrected chi connectivity index (χ3v) is 4.70. The van der Waals surface area contributed by atoms with Crippen LogP contribution in [0.25, 0.3) is 0 Å². The number of rotatable bonds is 7. The normalized spacial score (nSPS) is 10.5. The number of thiazole rings is 1. The summed E-state index contributed by atoms with van der Waals surface area (Å²) in [5.41, 5.74) is 1.69. The topological polar surface area (TPSA) is 93.3 Å². The Morgan fingerprint density at radius 3 is 2.71 bits per heavy atom. The molecule has 0 aliphatic rings. The zero-order chi connectivity index (χ0) is 15.2. The van der Waals surface area contributed by atoms with Gasteiger partial charge in [-0.15, -0.1) is 11.3 Å². The number of aryl methyl sites for hydroxylation is 1. The second-order valence-electron chi connectivity index (χ2n) is 4.20. The maximum Gasteiger partial charge on any atom is 0.309 e. The van der Waals surface area contributed by atoms with Crippen molar-refractivity contribution in [3.05, 3.63) is 51.0 Å². The highest BCUT2D eigenvalue weighted by Gasteiger charge is 2.07. The quantitative estimate of drug-likeness (QED) is 0.478. The van der Waals surface area contributed by atoms with Gasteiger partial charge in [0.05, 0.1) is 17.0 Å². The minimum atomic E-state index is -0.886. The molecule has 2 rings (SSSR count). The molecule has 1 aromatic heterocycles. The van der Waals surface area contributed by atoms with Crippen molar-refractivity contribution >= 4 is 34.8 Å². The van der Waals surface area contributed by atoms with E-state index in [9.17, 15) is 14.9 Å². The van der Waals surface area contributed by atoms with Gasteiger partial charge in [-0.3, -0.25) is 14.9 Å². The Kier molecular flexibility index (Phi) is 5.29. The summed E-state index contributed by atoms with van der Waals surface area (Å²) < 4.78 is 0.841. The van der Waals surface area contributed by atoms with Crippen LogP contribution in [0.2, 0.25) is 0 Å². The molecule has 1 aromatic carbocycles. The number of nitrogens with zero attached hydrogens (tertiary/aromatic N) is 2. The number of hydrogen-bond acceptors (Lipinski definition) is 6. The molecule has 0 saturated heterocycles. The van der Waals surface area contributed by atoms with Crippen LogP contribution in [0.15, 0.2) is 34.0 Å².